The Morgan fingerprint density at radius 1 is 1.16 bits per heavy atom. The smallest absolute Gasteiger partial charge is 0.178 e. The summed E-state index contributed by atoms with van der Waals surface area (Å²) in [6.07, 6.45) is 7.77. The third kappa shape index (κ3) is 3.61. The lowest BCUT2D eigenvalue weighted by Gasteiger charge is -2.04. The molecule has 2 nitrogen and oxygen atoms in total. The van der Waals surface area contributed by atoms with Crippen LogP contribution in [0.2, 0.25) is 5.02 Å². The molecule has 0 spiro atoms. The summed E-state index contributed by atoms with van der Waals surface area (Å²) in [5.74, 6) is 0. The van der Waals surface area contributed by atoms with Crippen LogP contribution in [0.15, 0.2) is 18.2 Å². The lowest BCUT2D eigenvalue weighted by atomic mass is 10.1. The molecule has 1 aromatic heterocycles. The molecule has 19 heavy (non-hydrogen) atoms. The summed E-state index contributed by atoms with van der Waals surface area (Å²) in [6, 6.07) is 5.94. The fourth-order valence-electron chi connectivity index (χ4n) is 2.42. The summed E-state index contributed by atoms with van der Waals surface area (Å²) < 4.78 is 2.94. The number of halogens is 1. The van der Waals surface area contributed by atoms with Crippen LogP contribution in [0.25, 0.3) is 11.0 Å². The predicted octanol–water partition coefficient (Wildman–Crippen LogP) is 5.71. The van der Waals surface area contributed by atoms with Crippen molar-refractivity contribution in [2.45, 2.75) is 52.0 Å². The third-order valence-electron chi connectivity index (χ3n) is 3.49. The number of unbranched alkanes of at least 4 members (excludes halogenated alkanes) is 5. The largest absolute Gasteiger partial charge is 0.329 e. The van der Waals surface area contributed by atoms with Gasteiger partial charge in [-0.05, 0) is 30.8 Å². The van der Waals surface area contributed by atoms with E-state index in [2.05, 4.69) is 22.5 Å². The topological polar surface area (TPSA) is 20.7 Å². The van der Waals surface area contributed by atoms with Crippen LogP contribution in [0.4, 0.5) is 0 Å². The molecule has 0 bridgehead atoms. The normalized spacial score (nSPS) is 11.3. The quantitative estimate of drug-likeness (QED) is 0.512. The van der Waals surface area contributed by atoms with Crippen LogP contribution < -0.4 is 0 Å². The molecule has 0 unspecified atom stereocenters. The Bertz CT molecular complexity index is 585. The molecule has 104 valence electrons. The Labute approximate surface area is 124 Å². The summed E-state index contributed by atoms with van der Waals surface area (Å²) in [7, 11) is 0. The molecular weight excluding hydrogens is 276 g/mol. The molecule has 1 heterocycles. The highest BCUT2D eigenvalue weighted by molar-refractivity contribution is 7.71. The van der Waals surface area contributed by atoms with E-state index < -0.39 is 0 Å². The van der Waals surface area contributed by atoms with Gasteiger partial charge in [-0.15, -0.1) is 0 Å². The van der Waals surface area contributed by atoms with Crippen molar-refractivity contribution < 1.29 is 0 Å². The maximum Gasteiger partial charge on any atom is 0.178 e. The second-order valence-electron chi connectivity index (χ2n) is 4.98. The van der Waals surface area contributed by atoms with Crippen molar-refractivity contribution in [3.63, 3.8) is 0 Å². The van der Waals surface area contributed by atoms with Crippen molar-refractivity contribution in [2.24, 2.45) is 0 Å². The van der Waals surface area contributed by atoms with Gasteiger partial charge >= 0.3 is 0 Å². The summed E-state index contributed by atoms with van der Waals surface area (Å²) in [4.78, 5) is 3.20. The molecule has 0 amide bonds. The molecule has 0 aliphatic heterocycles. The first kappa shape index (κ1) is 14.6. The lowest BCUT2D eigenvalue weighted by Crippen LogP contribution is -1.97. The molecular formula is C15H21ClN2S. The molecule has 0 saturated carbocycles. The van der Waals surface area contributed by atoms with Crippen LogP contribution in [0, 0.1) is 4.77 Å². The minimum absolute atomic E-state index is 0.741. The number of rotatable bonds is 7. The predicted molar refractivity (Wildman–Crippen MR) is 85.5 cm³/mol. The van der Waals surface area contributed by atoms with E-state index in [1.807, 2.05) is 12.1 Å². The van der Waals surface area contributed by atoms with Gasteiger partial charge in [-0.25, -0.2) is 0 Å². The van der Waals surface area contributed by atoms with Crippen LogP contribution in [0.3, 0.4) is 0 Å². The van der Waals surface area contributed by atoms with E-state index in [0.29, 0.717) is 0 Å². The van der Waals surface area contributed by atoms with Gasteiger partial charge in [0.2, 0.25) is 0 Å². The van der Waals surface area contributed by atoms with Gasteiger partial charge in [0.15, 0.2) is 4.77 Å². The summed E-state index contributed by atoms with van der Waals surface area (Å²) in [6.45, 7) is 3.22. The van der Waals surface area contributed by atoms with Crippen molar-refractivity contribution in [3.8, 4) is 0 Å². The SMILES string of the molecule is CCCCCCCCn1c(=S)[nH]c2c(Cl)cccc21. The van der Waals surface area contributed by atoms with Gasteiger partial charge in [-0.1, -0.05) is 56.7 Å². The highest BCUT2D eigenvalue weighted by atomic mass is 35.5. The van der Waals surface area contributed by atoms with Gasteiger partial charge in [-0.2, -0.15) is 0 Å². The minimum Gasteiger partial charge on any atom is -0.329 e. The number of aromatic nitrogens is 2. The zero-order valence-electron chi connectivity index (χ0n) is 11.4. The van der Waals surface area contributed by atoms with E-state index in [0.717, 1.165) is 27.4 Å². The Balaban J connectivity index is 1.99. The van der Waals surface area contributed by atoms with Crippen molar-refractivity contribution >= 4 is 34.9 Å². The van der Waals surface area contributed by atoms with E-state index in [4.69, 9.17) is 23.8 Å². The Morgan fingerprint density at radius 2 is 1.89 bits per heavy atom. The minimum atomic E-state index is 0.741. The summed E-state index contributed by atoms with van der Waals surface area (Å²) >= 11 is 11.6. The van der Waals surface area contributed by atoms with E-state index in [1.54, 1.807) is 0 Å². The number of H-pyrrole nitrogens is 1. The molecule has 1 aromatic carbocycles. The van der Waals surface area contributed by atoms with Gasteiger partial charge < -0.3 is 9.55 Å². The fourth-order valence-corrected chi connectivity index (χ4v) is 2.93. The molecule has 4 heteroatoms. The number of imidazole rings is 1. The monoisotopic (exact) mass is 296 g/mol. The Morgan fingerprint density at radius 3 is 2.68 bits per heavy atom. The van der Waals surface area contributed by atoms with Crippen molar-refractivity contribution in [3.05, 3.63) is 28.0 Å². The van der Waals surface area contributed by atoms with Crippen molar-refractivity contribution in [1.29, 1.82) is 0 Å². The number of nitrogens with one attached hydrogen (secondary N) is 1. The van der Waals surface area contributed by atoms with Gasteiger partial charge in [0, 0.05) is 6.54 Å². The summed E-state index contributed by atoms with van der Waals surface area (Å²) in [5.41, 5.74) is 2.08. The lowest BCUT2D eigenvalue weighted by molar-refractivity contribution is 0.561. The van der Waals surface area contributed by atoms with Gasteiger partial charge in [0.1, 0.15) is 0 Å². The molecule has 0 aliphatic carbocycles. The highest BCUT2D eigenvalue weighted by Crippen LogP contribution is 2.23. The molecule has 0 atom stereocenters. The second kappa shape index (κ2) is 7.11. The van der Waals surface area contributed by atoms with Gasteiger partial charge in [0.25, 0.3) is 0 Å². The molecule has 2 aromatic rings. The number of aryl methyl sites for hydroxylation is 1. The average Bonchev–Trinajstić information content (AvgIpc) is 2.72. The summed E-state index contributed by atoms with van der Waals surface area (Å²) in [5, 5.41) is 0.741. The zero-order valence-corrected chi connectivity index (χ0v) is 13.0. The van der Waals surface area contributed by atoms with E-state index in [-0.39, 0.29) is 0 Å². The molecule has 1 N–H and O–H groups in total. The molecule has 0 saturated heterocycles. The zero-order chi connectivity index (χ0) is 13.7. The number of hydrogen-bond donors (Lipinski definition) is 1. The van der Waals surface area contributed by atoms with Crippen LogP contribution in [-0.4, -0.2) is 9.55 Å². The van der Waals surface area contributed by atoms with Gasteiger partial charge in [-0.3, -0.25) is 0 Å². The van der Waals surface area contributed by atoms with Crippen LogP contribution in [0.1, 0.15) is 45.4 Å². The Kier molecular flexibility index (Phi) is 5.46. The molecule has 0 fully saturated rings. The van der Waals surface area contributed by atoms with Crippen LogP contribution in [0.5, 0.6) is 0 Å². The fraction of sp³-hybridized carbons (Fsp3) is 0.533. The molecule has 0 radical (unpaired) electrons. The number of para-hydroxylation sites is 1. The second-order valence-corrected chi connectivity index (χ2v) is 5.78. The maximum atomic E-state index is 6.17. The third-order valence-corrected chi connectivity index (χ3v) is 4.13. The standard InChI is InChI=1S/C15H21ClN2S/c1-2-3-4-5-6-7-11-18-13-10-8-9-12(16)14(13)17-15(18)19/h8-10H,2-7,11H2,1H3,(H,17,19). The highest BCUT2D eigenvalue weighted by Gasteiger charge is 2.06. The van der Waals surface area contributed by atoms with E-state index in [9.17, 15) is 0 Å². The van der Waals surface area contributed by atoms with Crippen molar-refractivity contribution in [1.82, 2.24) is 9.55 Å². The van der Waals surface area contributed by atoms with Crippen LogP contribution in [-0.2, 0) is 6.54 Å². The number of nitrogens with zero attached hydrogens (tertiary/aromatic N) is 1. The first-order valence-electron chi connectivity index (χ1n) is 7.11. The average molecular weight is 297 g/mol. The number of aromatic amines is 1. The maximum absolute atomic E-state index is 6.17. The van der Waals surface area contributed by atoms with Gasteiger partial charge in [0.05, 0.1) is 16.1 Å². The van der Waals surface area contributed by atoms with E-state index >= 15 is 0 Å². The first-order valence-corrected chi connectivity index (χ1v) is 7.89. The number of fused-ring (bicyclic) bond motifs is 1. The van der Waals surface area contributed by atoms with Crippen LogP contribution >= 0.6 is 23.8 Å². The Hall–Kier alpha value is -0.800. The molecule has 2 rings (SSSR count). The van der Waals surface area contributed by atoms with Crippen molar-refractivity contribution in [2.75, 3.05) is 0 Å². The molecule has 0 aliphatic rings. The number of hydrogen-bond acceptors (Lipinski definition) is 1. The van der Waals surface area contributed by atoms with E-state index in [1.165, 1.54) is 38.5 Å². The number of benzene rings is 1. The first-order chi connectivity index (χ1) is 9.24.